The van der Waals surface area contributed by atoms with Crippen LogP contribution in [-0.4, -0.2) is 47.1 Å². The maximum atomic E-state index is 12.0. The number of nitrogens with one attached hydrogen (secondary N) is 1. The van der Waals surface area contributed by atoms with E-state index in [4.69, 9.17) is 9.84 Å². The predicted molar refractivity (Wildman–Crippen MR) is 81.7 cm³/mol. The molecule has 0 aliphatic heterocycles. The maximum Gasteiger partial charge on any atom is 0.313 e. The number of methoxy groups -OCH3 is 1. The Morgan fingerprint density at radius 2 is 2.14 bits per heavy atom. The number of nitro groups is 1. The first-order valence-corrected chi connectivity index (χ1v) is 7.43. The number of amides is 1. The average molecular weight is 328 g/mol. The minimum absolute atomic E-state index is 0.0420. The van der Waals surface area contributed by atoms with E-state index in [0.717, 1.165) is 0 Å². The Morgan fingerprint density at radius 3 is 2.68 bits per heavy atom. The van der Waals surface area contributed by atoms with Crippen LogP contribution >= 0.6 is 11.8 Å². The molecule has 8 nitrogen and oxygen atoms in total. The summed E-state index contributed by atoms with van der Waals surface area (Å²) in [5.41, 5.74) is 0.281. The molecule has 0 radical (unpaired) electrons. The van der Waals surface area contributed by atoms with E-state index >= 15 is 0 Å². The zero-order chi connectivity index (χ0) is 16.7. The highest BCUT2D eigenvalue weighted by Gasteiger charge is 2.19. The number of carboxylic acids is 1. The molecule has 0 atom stereocenters. The van der Waals surface area contributed by atoms with Crippen LogP contribution in [0.3, 0.4) is 0 Å². The van der Waals surface area contributed by atoms with E-state index in [9.17, 15) is 19.7 Å². The van der Waals surface area contributed by atoms with Crippen molar-refractivity contribution in [2.75, 3.05) is 25.2 Å². The summed E-state index contributed by atoms with van der Waals surface area (Å²) < 4.78 is 5.04. The van der Waals surface area contributed by atoms with Crippen molar-refractivity contribution in [1.29, 1.82) is 0 Å². The van der Waals surface area contributed by atoms with Crippen LogP contribution in [0.5, 0.6) is 5.75 Å². The van der Waals surface area contributed by atoms with Gasteiger partial charge in [0.05, 0.1) is 23.3 Å². The van der Waals surface area contributed by atoms with E-state index in [1.807, 2.05) is 0 Å². The highest BCUT2D eigenvalue weighted by Crippen LogP contribution is 2.29. The standard InChI is InChI=1S/C13H16N2O6S/c1-8-10(15(19)20)5-9(6-11(8)21-2)13(18)14-3-4-22-7-12(16)17/h5-6H,3-4,7H2,1-2H3,(H,14,18)(H,16,17). The highest BCUT2D eigenvalue weighted by atomic mass is 32.2. The predicted octanol–water partition coefficient (Wildman–Crippen LogP) is 1.46. The van der Waals surface area contributed by atoms with Crippen LogP contribution < -0.4 is 10.1 Å². The molecule has 22 heavy (non-hydrogen) atoms. The molecule has 0 bridgehead atoms. The van der Waals surface area contributed by atoms with Crippen molar-refractivity contribution in [3.8, 4) is 5.75 Å². The molecule has 0 fully saturated rings. The zero-order valence-corrected chi connectivity index (χ0v) is 12.9. The number of carboxylic acid groups (broad SMARTS) is 1. The van der Waals surface area contributed by atoms with Gasteiger partial charge < -0.3 is 15.2 Å². The molecule has 2 N–H and O–H groups in total. The van der Waals surface area contributed by atoms with E-state index in [1.54, 1.807) is 6.92 Å². The molecule has 0 aromatic heterocycles. The van der Waals surface area contributed by atoms with Crippen molar-refractivity contribution in [2.24, 2.45) is 0 Å². The molecule has 0 saturated heterocycles. The number of carbonyl (C=O) groups excluding carboxylic acids is 1. The fourth-order valence-corrected chi connectivity index (χ4v) is 2.27. The van der Waals surface area contributed by atoms with E-state index in [0.29, 0.717) is 11.3 Å². The lowest BCUT2D eigenvalue weighted by atomic mass is 10.1. The Labute approximate surface area is 131 Å². The molecular formula is C13H16N2O6S. The minimum Gasteiger partial charge on any atom is -0.496 e. The summed E-state index contributed by atoms with van der Waals surface area (Å²) in [4.78, 5) is 32.7. The van der Waals surface area contributed by atoms with Crippen molar-refractivity contribution < 1.29 is 24.4 Å². The van der Waals surface area contributed by atoms with Crippen LogP contribution in [0.15, 0.2) is 12.1 Å². The highest BCUT2D eigenvalue weighted by molar-refractivity contribution is 7.99. The van der Waals surface area contributed by atoms with Crippen molar-refractivity contribution in [3.05, 3.63) is 33.4 Å². The number of nitro benzene ring substituents is 1. The number of aliphatic carboxylic acids is 1. The second-order valence-corrected chi connectivity index (χ2v) is 5.39. The first kappa shape index (κ1) is 17.8. The lowest BCUT2D eigenvalue weighted by molar-refractivity contribution is -0.385. The van der Waals surface area contributed by atoms with Crippen LogP contribution in [-0.2, 0) is 4.79 Å². The van der Waals surface area contributed by atoms with Crippen LogP contribution in [0.2, 0.25) is 0 Å². The van der Waals surface area contributed by atoms with Gasteiger partial charge in [-0.2, -0.15) is 0 Å². The molecule has 0 spiro atoms. The maximum absolute atomic E-state index is 12.0. The third-order valence-electron chi connectivity index (χ3n) is 2.77. The zero-order valence-electron chi connectivity index (χ0n) is 12.1. The van der Waals surface area contributed by atoms with Crippen LogP contribution in [0, 0.1) is 17.0 Å². The lowest BCUT2D eigenvalue weighted by Gasteiger charge is -2.09. The molecule has 9 heteroatoms. The fraction of sp³-hybridized carbons (Fsp3) is 0.385. The molecular weight excluding hydrogens is 312 g/mol. The molecule has 0 saturated carbocycles. The number of hydrogen-bond donors (Lipinski definition) is 2. The number of nitrogens with zero attached hydrogens (tertiary/aromatic N) is 1. The molecule has 1 aromatic carbocycles. The van der Waals surface area contributed by atoms with Gasteiger partial charge in [0.2, 0.25) is 0 Å². The molecule has 0 unspecified atom stereocenters. The van der Waals surface area contributed by atoms with E-state index < -0.39 is 16.8 Å². The Balaban J connectivity index is 2.75. The molecule has 0 aliphatic rings. The van der Waals surface area contributed by atoms with Gasteiger partial charge in [0.1, 0.15) is 5.75 Å². The second-order valence-electron chi connectivity index (χ2n) is 4.28. The van der Waals surface area contributed by atoms with Gasteiger partial charge in [-0.1, -0.05) is 0 Å². The van der Waals surface area contributed by atoms with Crippen molar-refractivity contribution in [2.45, 2.75) is 6.92 Å². The summed E-state index contributed by atoms with van der Waals surface area (Å²) in [6.45, 7) is 1.81. The first-order valence-electron chi connectivity index (χ1n) is 6.27. The Morgan fingerprint density at radius 1 is 1.45 bits per heavy atom. The monoisotopic (exact) mass is 328 g/mol. The summed E-state index contributed by atoms with van der Waals surface area (Å²) in [5, 5.41) is 22.0. The normalized spacial score (nSPS) is 10.1. The van der Waals surface area contributed by atoms with E-state index in [1.165, 1.54) is 31.0 Å². The van der Waals surface area contributed by atoms with E-state index in [-0.39, 0.29) is 29.3 Å². The van der Waals surface area contributed by atoms with Crippen LogP contribution in [0.1, 0.15) is 15.9 Å². The Kier molecular flexibility index (Phi) is 6.64. The van der Waals surface area contributed by atoms with Crippen LogP contribution in [0.25, 0.3) is 0 Å². The van der Waals surface area contributed by atoms with Gasteiger partial charge in [0.15, 0.2) is 0 Å². The smallest absolute Gasteiger partial charge is 0.313 e. The SMILES string of the molecule is COc1cc(C(=O)NCCSCC(=O)O)cc([N+](=O)[O-])c1C. The van der Waals surface area contributed by atoms with Gasteiger partial charge in [-0.05, 0) is 13.0 Å². The third-order valence-corrected chi connectivity index (χ3v) is 3.71. The molecule has 1 aromatic rings. The van der Waals surface area contributed by atoms with Gasteiger partial charge in [0, 0.05) is 23.9 Å². The lowest BCUT2D eigenvalue weighted by Crippen LogP contribution is -2.26. The first-order chi connectivity index (χ1) is 10.4. The fourth-order valence-electron chi connectivity index (χ4n) is 1.70. The Hall–Kier alpha value is -2.29. The number of thioether (sulfide) groups is 1. The third kappa shape index (κ3) is 4.92. The molecule has 120 valence electrons. The second kappa shape index (κ2) is 8.23. The van der Waals surface area contributed by atoms with Gasteiger partial charge in [0.25, 0.3) is 11.6 Å². The summed E-state index contributed by atoms with van der Waals surface area (Å²) in [6.07, 6.45) is 0. The molecule has 1 amide bonds. The summed E-state index contributed by atoms with van der Waals surface area (Å²) in [6, 6.07) is 2.62. The summed E-state index contributed by atoms with van der Waals surface area (Å²) in [5.74, 6) is -0.741. The Bertz CT molecular complexity index is 590. The largest absolute Gasteiger partial charge is 0.496 e. The molecule has 0 aliphatic carbocycles. The number of carbonyl (C=O) groups is 2. The number of benzene rings is 1. The summed E-state index contributed by atoms with van der Waals surface area (Å²) >= 11 is 1.17. The number of ether oxygens (including phenoxy) is 1. The number of hydrogen-bond acceptors (Lipinski definition) is 6. The molecule has 0 heterocycles. The molecule has 1 rings (SSSR count). The van der Waals surface area contributed by atoms with Crippen LogP contribution in [0.4, 0.5) is 5.69 Å². The topological polar surface area (TPSA) is 119 Å². The quantitative estimate of drug-likeness (QED) is 0.421. The average Bonchev–Trinajstić information content (AvgIpc) is 2.46. The minimum atomic E-state index is -0.921. The van der Waals surface area contributed by atoms with E-state index in [2.05, 4.69) is 5.32 Å². The summed E-state index contributed by atoms with van der Waals surface area (Å²) in [7, 11) is 1.37. The number of rotatable bonds is 8. The van der Waals surface area contributed by atoms with Crippen molar-refractivity contribution in [1.82, 2.24) is 5.32 Å². The van der Waals surface area contributed by atoms with Crippen molar-refractivity contribution in [3.63, 3.8) is 0 Å². The van der Waals surface area contributed by atoms with Gasteiger partial charge in [-0.3, -0.25) is 19.7 Å². The van der Waals surface area contributed by atoms with Crippen molar-refractivity contribution >= 4 is 29.3 Å². The van der Waals surface area contributed by atoms with Gasteiger partial charge in [-0.15, -0.1) is 11.8 Å². The van der Waals surface area contributed by atoms with Gasteiger partial charge in [-0.25, -0.2) is 0 Å². The van der Waals surface area contributed by atoms with Gasteiger partial charge >= 0.3 is 5.97 Å².